The highest BCUT2D eigenvalue weighted by atomic mass is 32.2. The Labute approximate surface area is 135 Å². The fraction of sp³-hybridized carbons (Fsp3) is 0.375. The first-order valence-corrected chi connectivity index (χ1v) is 9.08. The highest BCUT2D eigenvalue weighted by Gasteiger charge is 2.16. The Balaban J connectivity index is 2.04. The van der Waals surface area contributed by atoms with Crippen molar-refractivity contribution in [2.24, 2.45) is 0 Å². The van der Waals surface area contributed by atoms with Gasteiger partial charge in [-0.15, -0.1) is 0 Å². The Morgan fingerprint density at radius 2 is 1.87 bits per heavy atom. The van der Waals surface area contributed by atoms with E-state index in [1.807, 2.05) is 6.92 Å². The SMILES string of the molecule is Cc1noc(C)c1CC(=O)NC(C)c1ccc(S(C)(=O)=O)cc1. The van der Waals surface area contributed by atoms with Gasteiger partial charge in [-0.2, -0.15) is 0 Å². The van der Waals surface area contributed by atoms with Crippen molar-refractivity contribution >= 4 is 15.7 Å². The lowest BCUT2D eigenvalue weighted by atomic mass is 10.1. The van der Waals surface area contributed by atoms with Gasteiger partial charge in [0, 0.05) is 11.8 Å². The predicted molar refractivity (Wildman–Crippen MR) is 85.8 cm³/mol. The molecule has 0 aliphatic carbocycles. The average Bonchev–Trinajstić information content (AvgIpc) is 2.78. The van der Waals surface area contributed by atoms with E-state index >= 15 is 0 Å². The van der Waals surface area contributed by atoms with Crippen molar-refractivity contribution in [1.29, 1.82) is 0 Å². The molecule has 0 saturated carbocycles. The van der Waals surface area contributed by atoms with Crippen LogP contribution in [0.25, 0.3) is 0 Å². The van der Waals surface area contributed by atoms with Gasteiger partial charge in [0.25, 0.3) is 0 Å². The van der Waals surface area contributed by atoms with E-state index in [1.54, 1.807) is 38.1 Å². The van der Waals surface area contributed by atoms with Gasteiger partial charge in [0.1, 0.15) is 5.76 Å². The van der Waals surface area contributed by atoms with E-state index in [4.69, 9.17) is 4.52 Å². The van der Waals surface area contributed by atoms with Crippen molar-refractivity contribution in [2.45, 2.75) is 38.1 Å². The lowest BCUT2D eigenvalue weighted by Crippen LogP contribution is -2.28. The molecule has 0 aliphatic heterocycles. The second-order valence-corrected chi connectivity index (χ2v) is 7.63. The third-order valence-corrected chi connectivity index (χ3v) is 4.83. The fourth-order valence-corrected chi connectivity index (χ4v) is 2.92. The molecule has 2 aromatic rings. The van der Waals surface area contributed by atoms with Crippen LogP contribution in [0.4, 0.5) is 0 Å². The van der Waals surface area contributed by atoms with E-state index in [-0.39, 0.29) is 23.3 Å². The van der Waals surface area contributed by atoms with Crippen LogP contribution in [0.5, 0.6) is 0 Å². The van der Waals surface area contributed by atoms with Gasteiger partial charge < -0.3 is 9.84 Å². The molecule has 0 fully saturated rings. The molecule has 2 rings (SSSR count). The molecule has 23 heavy (non-hydrogen) atoms. The number of rotatable bonds is 5. The van der Waals surface area contributed by atoms with E-state index in [9.17, 15) is 13.2 Å². The van der Waals surface area contributed by atoms with Gasteiger partial charge in [0.05, 0.1) is 23.1 Å². The minimum absolute atomic E-state index is 0.140. The Morgan fingerprint density at radius 1 is 1.26 bits per heavy atom. The summed E-state index contributed by atoms with van der Waals surface area (Å²) in [5.41, 5.74) is 2.34. The first-order valence-electron chi connectivity index (χ1n) is 7.19. The Bertz CT molecular complexity index is 788. The van der Waals surface area contributed by atoms with E-state index in [2.05, 4.69) is 10.5 Å². The number of sulfone groups is 1. The standard InChI is InChI=1S/C16H20N2O4S/c1-10(13-5-7-14(8-6-13)23(4,20)21)17-16(19)9-15-11(2)18-22-12(15)3/h5-8,10H,9H2,1-4H3,(H,17,19). The normalized spacial score (nSPS) is 12.9. The molecular weight excluding hydrogens is 316 g/mol. The van der Waals surface area contributed by atoms with E-state index in [0.717, 1.165) is 17.4 Å². The minimum atomic E-state index is -3.22. The van der Waals surface area contributed by atoms with Gasteiger partial charge in [-0.3, -0.25) is 4.79 Å². The lowest BCUT2D eigenvalue weighted by Gasteiger charge is -2.14. The summed E-state index contributed by atoms with van der Waals surface area (Å²) >= 11 is 0. The summed E-state index contributed by atoms with van der Waals surface area (Å²) in [4.78, 5) is 12.4. The van der Waals surface area contributed by atoms with Crippen molar-refractivity contribution in [3.63, 3.8) is 0 Å². The highest BCUT2D eigenvalue weighted by molar-refractivity contribution is 7.90. The van der Waals surface area contributed by atoms with Gasteiger partial charge in [0.2, 0.25) is 5.91 Å². The predicted octanol–water partition coefficient (Wildman–Crippen LogP) is 2.11. The van der Waals surface area contributed by atoms with Crippen LogP contribution in [0.15, 0.2) is 33.7 Å². The molecule has 1 N–H and O–H groups in total. The molecule has 0 saturated heterocycles. The number of benzene rings is 1. The van der Waals surface area contributed by atoms with Crippen LogP contribution in [0.1, 0.15) is 35.5 Å². The molecule has 0 radical (unpaired) electrons. The second kappa shape index (κ2) is 6.54. The molecule has 1 atom stereocenters. The molecule has 1 unspecified atom stereocenters. The van der Waals surface area contributed by atoms with Crippen LogP contribution in [0.2, 0.25) is 0 Å². The van der Waals surface area contributed by atoms with E-state index in [1.165, 1.54) is 0 Å². The number of aryl methyl sites for hydroxylation is 2. The van der Waals surface area contributed by atoms with Crippen LogP contribution in [-0.4, -0.2) is 25.7 Å². The summed E-state index contributed by atoms with van der Waals surface area (Å²) in [5, 5.41) is 6.72. The number of carbonyl (C=O) groups is 1. The van der Waals surface area contributed by atoms with Gasteiger partial charge in [-0.25, -0.2) is 8.42 Å². The van der Waals surface area contributed by atoms with Crippen molar-refractivity contribution in [3.8, 4) is 0 Å². The summed E-state index contributed by atoms with van der Waals surface area (Å²) in [6.07, 6.45) is 1.36. The van der Waals surface area contributed by atoms with Crippen LogP contribution >= 0.6 is 0 Å². The topological polar surface area (TPSA) is 89.3 Å². The highest BCUT2D eigenvalue weighted by Crippen LogP contribution is 2.17. The van der Waals surface area contributed by atoms with Crippen LogP contribution in [-0.2, 0) is 21.1 Å². The summed E-state index contributed by atoms with van der Waals surface area (Å²) < 4.78 is 27.9. The summed E-state index contributed by atoms with van der Waals surface area (Å²) in [6, 6.07) is 6.27. The molecule has 1 amide bonds. The molecule has 1 aromatic carbocycles. The zero-order valence-corrected chi connectivity index (χ0v) is 14.4. The van der Waals surface area contributed by atoms with Crippen LogP contribution < -0.4 is 5.32 Å². The Hall–Kier alpha value is -2.15. The maximum Gasteiger partial charge on any atom is 0.225 e. The first-order chi connectivity index (χ1) is 10.7. The molecule has 1 heterocycles. The number of nitrogens with zero attached hydrogens (tertiary/aromatic N) is 1. The van der Waals surface area contributed by atoms with Gasteiger partial charge in [-0.05, 0) is 38.5 Å². The third-order valence-electron chi connectivity index (χ3n) is 3.70. The van der Waals surface area contributed by atoms with Gasteiger partial charge in [-0.1, -0.05) is 17.3 Å². The number of amides is 1. The first kappa shape index (κ1) is 17.2. The number of hydrogen-bond acceptors (Lipinski definition) is 5. The number of aromatic nitrogens is 1. The van der Waals surface area contributed by atoms with Gasteiger partial charge >= 0.3 is 0 Å². The maximum atomic E-state index is 12.1. The number of nitrogens with one attached hydrogen (secondary N) is 1. The van der Waals surface area contributed by atoms with E-state index < -0.39 is 9.84 Å². The van der Waals surface area contributed by atoms with Crippen molar-refractivity contribution in [3.05, 3.63) is 46.8 Å². The number of carbonyl (C=O) groups excluding carboxylic acids is 1. The monoisotopic (exact) mass is 336 g/mol. The zero-order valence-electron chi connectivity index (χ0n) is 13.6. The van der Waals surface area contributed by atoms with Crippen molar-refractivity contribution in [1.82, 2.24) is 10.5 Å². The Kier molecular flexibility index (Phi) is 4.89. The van der Waals surface area contributed by atoms with E-state index in [0.29, 0.717) is 11.5 Å². The zero-order chi connectivity index (χ0) is 17.2. The molecule has 6 nitrogen and oxygen atoms in total. The lowest BCUT2D eigenvalue weighted by molar-refractivity contribution is -0.121. The fourth-order valence-electron chi connectivity index (χ4n) is 2.29. The van der Waals surface area contributed by atoms with Gasteiger partial charge in [0.15, 0.2) is 9.84 Å². The van der Waals surface area contributed by atoms with Crippen molar-refractivity contribution < 1.29 is 17.7 Å². The van der Waals surface area contributed by atoms with Crippen LogP contribution in [0, 0.1) is 13.8 Å². The molecular formula is C16H20N2O4S. The summed E-state index contributed by atoms with van der Waals surface area (Å²) in [7, 11) is -3.22. The smallest absolute Gasteiger partial charge is 0.225 e. The quantitative estimate of drug-likeness (QED) is 0.903. The second-order valence-electron chi connectivity index (χ2n) is 5.61. The Morgan fingerprint density at radius 3 is 2.35 bits per heavy atom. The molecule has 0 aliphatic rings. The maximum absolute atomic E-state index is 12.1. The summed E-state index contributed by atoms with van der Waals surface area (Å²) in [6.45, 7) is 5.42. The average molecular weight is 336 g/mol. The molecule has 1 aromatic heterocycles. The summed E-state index contributed by atoms with van der Waals surface area (Å²) in [5.74, 6) is 0.502. The largest absolute Gasteiger partial charge is 0.361 e. The third kappa shape index (κ3) is 4.19. The van der Waals surface area contributed by atoms with Crippen LogP contribution in [0.3, 0.4) is 0 Å². The molecule has 7 heteroatoms. The molecule has 0 bridgehead atoms. The minimum Gasteiger partial charge on any atom is -0.361 e. The molecule has 0 spiro atoms. The molecule has 124 valence electrons. The van der Waals surface area contributed by atoms with Crippen molar-refractivity contribution in [2.75, 3.05) is 6.26 Å². The number of hydrogen-bond donors (Lipinski definition) is 1.